The summed E-state index contributed by atoms with van der Waals surface area (Å²) < 4.78 is 7.60. The van der Waals surface area contributed by atoms with Crippen LogP contribution < -0.4 is 10.3 Å². The van der Waals surface area contributed by atoms with E-state index in [0.717, 1.165) is 35.7 Å². The number of hydrogen-bond acceptors (Lipinski definition) is 5. The summed E-state index contributed by atoms with van der Waals surface area (Å²) in [5.74, 6) is 0.334. The molecule has 0 amide bonds. The van der Waals surface area contributed by atoms with Crippen LogP contribution in [-0.2, 0) is 4.79 Å². The monoisotopic (exact) mass is 497 g/mol. The number of nitrogens with zero attached hydrogens (tertiary/aromatic N) is 3. The average molecular weight is 498 g/mol. The van der Waals surface area contributed by atoms with Crippen LogP contribution in [0.5, 0.6) is 5.75 Å². The number of aliphatic carboxylic acids is 1. The molecule has 1 atom stereocenters. The number of fused-ring (bicyclic) bond motifs is 1. The molecule has 1 aliphatic rings. The molecule has 1 fully saturated rings. The van der Waals surface area contributed by atoms with E-state index in [4.69, 9.17) is 14.8 Å². The Kier molecular flexibility index (Phi) is 6.69. The third-order valence-electron chi connectivity index (χ3n) is 5.67. The molecule has 2 aromatic carbocycles. The number of hydrogen-bond donors (Lipinski definition) is 1. The molecule has 0 saturated heterocycles. The maximum atomic E-state index is 13.3. The number of carboxylic acid groups (broad SMARTS) is 1. The lowest BCUT2D eigenvalue weighted by atomic mass is 9.88. The van der Waals surface area contributed by atoms with Gasteiger partial charge in [-0.25, -0.2) is 9.78 Å². The second-order valence-corrected chi connectivity index (χ2v) is 8.91. The van der Waals surface area contributed by atoms with Gasteiger partial charge in [-0.05, 0) is 67.8 Å². The second-order valence-electron chi connectivity index (χ2n) is 8.00. The van der Waals surface area contributed by atoms with Gasteiger partial charge in [-0.3, -0.25) is 4.79 Å². The van der Waals surface area contributed by atoms with E-state index in [1.807, 2.05) is 12.1 Å². The highest BCUT2D eigenvalue weighted by Crippen LogP contribution is 2.32. The first-order valence-corrected chi connectivity index (χ1v) is 11.5. The van der Waals surface area contributed by atoms with Gasteiger partial charge < -0.3 is 9.84 Å². The van der Waals surface area contributed by atoms with Crippen molar-refractivity contribution < 1.29 is 14.6 Å². The van der Waals surface area contributed by atoms with Gasteiger partial charge >= 0.3 is 5.97 Å². The van der Waals surface area contributed by atoms with E-state index < -0.39 is 12.1 Å². The van der Waals surface area contributed by atoms with Gasteiger partial charge in [0.25, 0.3) is 5.56 Å². The van der Waals surface area contributed by atoms with Crippen LogP contribution >= 0.6 is 15.9 Å². The van der Waals surface area contributed by atoms with Crippen molar-refractivity contribution in [1.82, 2.24) is 9.66 Å². The number of rotatable bonds is 6. The molecule has 32 heavy (non-hydrogen) atoms. The summed E-state index contributed by atoms with van der Waals surface area (Å²) >= 11 is 3.43. The van der Waals surface area contributed by atoms with Crippen LogP contribution in [0.4, 0.5) is 0 Å². The first-order chi connectivity index (χ1) is 15.4. The maximum absolute atomic E-state index is 13.3. The highest BCUT2D eigenvalue weighted by atomic mass is 79.9. The Balaban J connectivity index is 1.69. The Morgan fingerprint density at radius 2 is 1.94 bits per heavy atom. The fourth-order valence-electron chi connectivity index (χ4n) is 3.91. The fourth-order valence-corrected chi connectivity index (χ4v) is 4.28. The topological polar surface area (TPSA) is 93.8 Å². The standard InChI is InChI=1S/C24H24BrN3O4/c1-15(24(30)31)32-19-10-7-16(8-11-19)14-26-28-22(17-5-3-2-4-6-17)27-21-12-9-18(25)13-20(21)23(28)29/h7-15,17H,2-6H2,1H3,(H,30,31)/t15-/m1/s1. The SMILES string of the molecule is C[C@@H](Oc1ccc(C=Nn2c(C3CCCCC3)nc3ccc(Br)cc3c2=O)cc1)C(=O)O. The number of ether oxygens (including phenoxy) is 1. The Labute approximate surface area is 193 Å². The molecule has 0 unspecified atom stereocenters. The summed E-state index contributed by atoms with van der Waals surface area (Å²) in [5.41, 5.74) is 1.25. The third-order valence-corrected chi connectivity index (χ3v) is 6.16. The molecule has 0 radical (unpaired) electrons. The normalized spacial score (nSPS) is 15.8. The highest BCUT2D eigenvalue weighted by Gasteiger charge is 2.22. The predicted molar refractivity (Wildman–Crippen MR) is 127 cm³/mol. The average Bonchev–Trinajstić information content (AvgIpc) is 2.80. The highest BCUT2D eigenvalue weighted by molar-refractivity contribution is 9.10. The second kappa shape index (κ2) is 9.65. The molecule has 0 spiro atoms. The maximum Gasteiger partial charge on any atom is 0.344 e. The molecule has 1 heterocycles. The van der Waals surface area contributed by atoms with Crippen molar-refractivity contribution in [2.24, 2.45) is 5.10 Å². The van der Waals surface area contributed by atoms with Crippen LogP contribution in [0.1, 0.15) is 56.3 Å². The van der Waals surface area contributed by atoms with Gasteiger partial charge in [-0.15, -0.1) is 0 Å². The van der Waals surface area contributed by atoms with Crippen LogP contribution in [0.3, 0.4) is 0 Å². The Hall–Kier alpha value is -3.00. The molecule has 0 bridgehead atoms. The van der Waals surface area contributed by atoms with E-state index >= 15 is 0 Å². The van der Waals surface area contributed by atoms with Crippen LogP contribution in [0.15, 0.2) is 56.8 Å². The number of benzene rings is 2. The van der Waals surface area contributed by atoms with Crippen LogP contribution in [-0.4, -0.2) is 33.1 Å². The molecule has 166 valence electrons. The first-order valence-electron chi connectivity index (χ1n) is 10.7. The van der Waals surface area contributed by atoms with Crippen molar-refractivity contribution in [3.05, 3.63) is 68.7 Å². The van der Waals surface area contributed by atoms with E-state index in [0.29, 0.717) is 22.5 Å². The number of carboxylic acids is 1. The van der Waals surface area contributed by atoms with E-state index in [1.54, 1.807) is 36.5 Å². The summed E-state index contributed by atoms with van der Waals surface area (Å²) in [5, 5.41) is 14.0. The Bertz CT molecular complexity index is 1210. The van der Waals surface area contributed by atoms with Gasteiger partial charge in [0.15, 0.2) is 6.10 Å². The van der Waals surface area contributed by atoms with Gasteiger partial charge in [-0.2, -0.15) is 9.78 Å². The summed E-state index contributed by atoms with van der Waals surface area (Å²) in [7, 11) is 0. The fraction of sp³-hybridized carbons (Fsp3) is 0.333. The van der Waals surface area contributed by atoms with Crippen molar-refractivity contribution in [2.45, 2.75) is 51.0 Å². The molecular formula is C24H24BrN3O4. The van der Waals surface area contributed by atoms with Crippen molar-refractivity contribution >= 4 is 39.0 Å². The Morgan fingerprint density at radius 1 is 1.22 bits per heavy atom. The molecule has 3 aromatic rings. The molecular weight excluding hydrogens is 474 g/mol. The van der Waals surface area contributed by atoms with E-state index in [1.165, 1.54) is 18.0 Å². The minimum absolute atomic E-state index is 0.191. The van der Waals surface area contributed by atoms with Crippen molar-refractivity contribution in [3.8, 4) is 5.75 Å². The van der Waals surface area contributed by atoms with E-state index in [9.17, 15) is 9.59 Å². The molecule has 4 rings (SSSR count). The van der Waals surface area contributed by atoms with Gasteiger partial charge in [0, 0.05) is 10.4 Å². The lowest BCUT2D eigenvalue weighted by Crippen LogP contribution is -2.25. The summed E-state index contributed by atoms with van der Waals surface area (Å²) in [6, 6.07) is 12.4. The third kappa shape index (κ3) is 4.91. The molecule has 0 aliphatic heterocycles. The minimum Gasteiger partial charge on any atom is -0.479 e. The predicted octanol–water partition coefficient (Wildman–Crippen LogP) is 4.94. The zero-order chi connectivity index (χ0) is 22.7. The van der Waals surface area contributed by atoms with Crippen LogP contribution in [0.25, 0.3) is 10.9 Å². The largest absolute Gasteiger partial charge is 0.479 e. The minimum atomic E-state index is -1.03. The smallest absolute Gasteiger partial charge is 0.344 e. The van der Waals surface area contributed by atoms with Crippen molar-refractivity contribution in [1.29, 1.82) is 0 Å². The summed E-state index contributed by atoms with van der Waals surface area (Å²) in [6.07, 6.45) is 6.13. The Morgan fingerprint density at radius 3 is 2.62 bits per heavy atom. The zero-order valence-electron chi connectivity index (χ0n) is 17.7. The van der Waals surface area contributed by atoms with Gasteiger partial charge in [-0.1, -0.05) is 35.2 Å². The molecule has 1 aromatic heterocycles. The van der Waals surface area contributed by atoms with Gasteiger partial charge in [0.2, 0.25) is 0 Å². The molecule has 8 heteroatoms. The van der Waals surface area contributed by atoms with E-state index in [-0.39, 0.29) is 11.5 Å². The van der Waals surface area contributed by atoms with E-state index in [2.05, 4.69) is 21.0 Å². The van der Waals surface area contributed by atoms with Crippen LogP contribution in [0.2, 0.25) is 0 Å². The first kappa shape index (κ1) is 22.2. The van der Waals surface area contributed by atoms with Crippen molar-refractivity contribution in [3.63, 3.8) is 0 Å². The summed E-state index contributed by atoms with van der Waals surface area (Å²) in [4.78, 5) is 29.1. The summed E-state index contributed by atoms with van der Waals surface area (Å²) in [6.45, 7) is 1.47. The van der Waals surface area contributed by atoms with Gasteiger partial charge in [0.1, 0.15) is 11.6 Å². The van der Waals surface area contributed by atoms with Gasteiger partial charge in [0.05, 0.1) is 17.1 Å². The zero-order valence-corrected chi connectivity index (χ0v) is 19.3. The molecule has 1 N–H and O–H groups in total. The quantitative estimate of drug-likeness (QED) is 0.486. The molecule has 7 nitrogen and oxygen atoms in total. The van der Waals surface area contributed by atoms with Crippen LogP contribution in [0, 0.1) is 0 Å². The number of aromatic nitrogens is 2. The molecule has 1 saturated carbocycles. The lowest BCUT2D eigenvalue weighted by Gasteiger charge is -2.22. The number of halogens is 1. The molecule has 1 aliphatic carbocycles. The lowest BCUT2D eigenvalue weighted by molar-refractivity contribution is -0.144. The number of carbonyl (C=O) groups is 1. The van der Waals surface area contributed by atoms with Crippen molar-refractivity contribution in [2.75, 3.05) is 0 Å².